The fourth-order valence-corrected chi connectivity index (χ4v) is 4.76. The molecule has 0 aliphatic carbocycles. The molecule has 0 bridgehead atoms. The molecule has 16 nitrogen and oxygen atoms in total. The average Bonchev–Trinajstić information content (AvgIpc) is 3.10. The molecule has 2 amide bonds. The number of anilines is 2. The number of hydrogen-bond donors (Lipinski definition) is 4. The van der Waals surface area contributed by atoms with Crippen LogP contribution in [0.4, 0.5) is 11.4 Å². The van der Waals surface area contributed by atoms with Crippen molar-refractivity contribution in [2.45, 2.75) is 130 Å². The molecule has 2 atom stereocenters. The van der Waals surface area contributed by atoms with Gasteiger partial charge < -0.3 is 30.3 Å². The molecular formula is C37H55N5O11. The molecule has 0 spiro atoms. The molecule has 2 unspecified atom stereocenters. The van der Waals surface area contributed by atoms with Crippen molar-refractivity contribution in [1.82, 2.24) is 13.7 Å². The molecule has 0 radical (unpaired) electrons. The number of allylic oxidation sites excluding steroid dienone is 1. The molecule has 2 aromatic rings. The first kappa shape index (κ1) is 44.3. The number of aliphatic hydroxyl groups excluding tert-OH is 2. The number of nitrogens with one attached hydrogen (secondary N) is 2. The number of aromatic nitrogens is 3. The largest absolute Gasteiger partial charge is 0.463 e. The third kappa shape index (κ3) is 14.3. The van der Waals surface area contributed by atoms with E-state index in [-0.39, 0.29) is 63.0 Å². The lowest BCUT2D eigenvalue weighted by Crippen LogP contribution is -2.57. The SMILES string of the molecule is C=CCn1c(=O)n(CC(O)COC(=O)CCCC(=O)Nc2ccc(NC(=O)CCCC(=O)OC(C)(C)CC)cc2)c(=O)n(CC(O)C(C)(C)CC)c1=O. The molecule has 1 aromatic heterocycles. The van der Waals surface area contributed by atoms with Gasteiger partial charge in [0.25, 0.3) is 0 Å². The van der Waals surface area contributed by atoms with Crippen molar-refractivity contribution in [3.63, 3.8) is 0 Å². The van der Waals surface area contributed by atoms with Crippen LogP contribution in [0.25, 0.3) is 0 Å². The summed E-state index contributed by atoms with van der Waals surface area (Å²) in [6.45, 7) is 12.8. The Balaban J connectivity index is 1.83. The molecular weight excluding hydrogens is 690 g/mol. The number of aliphatic hydroxyl groups is 2. The summed E-state index contributed by atoms with van der Waals surface area (Å²) in [4.78, 5) is 88.0. The van der Waals surface area contributed by atoms with Gasteiger partial charge in [0.1, 0.15) is 18.3 Å². The van der Waals surface area contributed by atoms with Gasteiger partial charge in [0, 0.05) is 37.1 Å². The zero-order chi connectivity index (χ0) is 39.9. The van der Waals surface area contributed by atoms with Gasteiger partial charge in [-0.1, -0.05) is 33.8 Å². The Hall–Kier alpha value is -4.83. The van der Waals surface area contributed by atoms with Crippen LogP contribution < -0.4 is 27.7 Å². The second kappa shape index (κ2) is 20.4. The Morgan fingerprint density at radius 2 is 1.23 bits per heavy atom. The summed E-state index contributed by atoms with van der Waals surface area (Å²) in [6.07, 6.45) is 0.534. The van der Waals surface area contributed by atoms with E-state index in [4.69, 9.17) is 9.47 Å². The zero-order valence-electron chi connectivity index (χ0n) is 31.6. The summed E-state index contributed by atoms with van der Waals surface area (Å²) in [5.74, 6) is -1.70. The first-order chi connectivity index (χ1) is 24.8. The number of carbonyl (C=O) groups excluding carboxylic acids is 4. The number of hydrogen-bond acceptors (Lipinski definition) is 11. The normalized spacial score (nSPS) is 12.8. The topological polar surface area (TPSA) is 217 Å². The highest BCUT2D eigenvalue weighted by Gasteiger charge is 2.28. The van der Waals surface area contributed by atoms with Gasteiger partial charge in [-0.3, -0.25) is 19.2 Å². The number of ether oxygens (including phenoxy) is 2. The lowest BCUT2D eigenvalue weighted by Gasteiger charge is -2.29. The summed E-state index contributed by atoms with van der Waals surface area (Å²) >= 11 is 0. The third-order valence-corrected chi connectivity index (χ3v) is 8.96. The highest BCUT2D eigenvalue weighted by atomic mass is 16.6. The van der Waals surface area contributed by atoms with Crippen molar-refractivity contribution in [3.05, 3.63) is 68.4 Å². The molecule has 0 saturated carbocycles. The van der Waals surface area contributed by atoms with E-state index in [0.29, 0.717) is 35.2 Å². The summed E-state index contributed by atoms with van der Waals surface area (Å²) in [5, 5.41) is 26.7. The molecule has 1 heterocycles. The molecule has 53 heavy (non-hydrogen) atoms. The van der Waals surface area contributed by atoms with Gasteiger partial charge >= 0.3 is 29.0 Å². The fraction of sp³-hybridized carbons (Fsp3) is 0.595. The maximum Gasteiger partial charge on any atom is 0.336 e. The van der Waals surface area contributed by atoms with Gasteiger partial charge in [-0.05, 0) is 69.2 Å². The summed E-state index contributed by atoms with van der Waals surface area (Å²) in [7, 11) is 0. The Kier molecular flexibility index (Phi) is 17.1. The van der Waals surface area contributed by atoms with E-state index in [1.165, 1.54) is 6.08 Å². The van der Waals surface area contributed by atoms with E-state index in [1.54, 1.807) is 38.1 Å². The Bertz CT molecular complexity index is 1760. The molecule has 0 aliphatic rings. The van der Waals surface area contributed by atoms with Crippen molar-refractivity contribution in [1.29, 1.82) is 0 Å². The number of nitrogens with zero attached hydrogens (tertiary/aromatic N) is 3. The predicted octanol–water partition coefficient (Wildman–Crippen LogP) is 2.71. The smallest absolute Gasteiger partial charge is 0.336 e. The lowest BCUT2D eigenvalue weighted by atomic mass is 9.84. The summed E-state index contributed by atoms with van der Waals surface area (Å²) in [6, 6.07) is 6.43. The van der Waals surface area contributed by atoms with Crippen molar-refractivity contribution in [2.75, 3.05) is 17.2 Å². The van der Waals surface area contributed by atoms with Gasteiger partial charge in [-0.2, -0.15) is 0 Å². The first-order valence-electron chi connectivity index (χ1n) is 17.8. The number of benzene rings is 1. The minimum absolute atomic E-state index is 0.0194. The van der Waals surface area contributed by atoms with E-state index in [1.807, 2.05) is 27.7 Å². The van der Waals surface area contributed by atoms with Crippen LogP contribution in [0, 0.1) is 5.41 Å². The molecule has 1 aromatic carbocycles. The number of amides is 2. The molecule has 0 saturated heterocycles. The predicted molar refractivity (Wildman–Crippen MR) is 198 cm³/mol. The van der Waals surface area contributed by atoms with Crippen LogP contribution in [0.2, 0.25) is 0 Å². The van der Waals surface area contributed by atoms with Crippen LogP contribution in [0.15, 0.2) is 51.3 Å². The van der Waals surface area contributed by atoms with E-state index in [2.05, 4.69) is 17.2 Å². The van der Waals surface area contributed by atoms with Crippen LogP contribution in [0.1, 0.15) is 92.9 Å². The van der Waals surface area contributed by atoms with Gasteiger partial charge in [0.05, 0.1) is 25.7 Å². The molecule has 294 valence electrons. The summed E-state index contributed by atoms with van der Waals surface area (Å²) in [5.41, 5.74) is -3.13. The molecule has 0 fully saturated rings. The van der Waals surface area contributed by atoms with Gasteiger partial charge in [-0.25, -0.2) is 28.1 Å². The average molecular weight is 746 g/mol. The molecule has 2 rings (SSSR count). The minimum atomic E-state index is -1.48. The van der Waals surface area contributed by atoms with Gasteiger partial charge in [0.2, 0.25) is 11.8 Å². The Morgan fingerprint density at radius 1 is 0.755 bits per heavy atom. The number of esters is 2. The highest BCUT2D eigenvalue weighted by Crippen LogP contribution is 2.25. The Labute approximate surface area is 308 Å². The van der Waals surface area contributed by atoms with E-state index >= 15 is 0 Å². The first-order valence-corrected chi connectivity index (χ1v) is 17.8. The lowest BCUT2D eigenvalue weighted by molar-refractivity contribution is -0.156. The number of rotatable bonds is 22. The Morgan fingerprint density at radius 3 is 1.70 bits per heavy atom. The second-order valence-corrected chi connectivity index (χ2v) is 14.1. The van der Waals surface area contributed by atoms with Crippen molar-refractivity contribution in [2.24, 2.45) is 5.41 Å². The van der Waals surface area contributed by atoms with E-state index in [9.17, 15) is 43.8 Å². The third-order valence-electron chi connectivity index (χ3n) is 8.96. The number of carbonyl (C=O) groups is 4. The molecule has 0 aliphatic heterocycles. The van der Waals surface area contributed by atoms with Crippen LogP contribution in [0.5, 0.6) is 0 Å². The van der Waals surface area contributed by atoms with E-state index < -0.39 is 59.4 Å². The fourth-order valence-electron chi connectivity index (χ4n) is 4.76. The van der Waals surface area contributed by atoms with Gasteiger partial charge in [-0.15, -0.1) is 6.58 Å². The van der Waals surface area contributed by atoms with Gasteiger partial charge in [0.15, 0.2) is 0 Å². The van der Waals surface area contributed by atoms with Crippen LogP contribution in [0.3, 0.4) is 0 Å². The highest BCUT2D eigenvalue weighted by molar-refractivity contribution is 5.93. The summed E-state index contributed by atoms with van der Waals surface area (Å²) < 4.78 is 12.6. The standard InChI is InChI=1S/C37H55N5O11/c1-8-21-40-33(49)41(35(51)42(34(40)50)23-28(44)36(4,5)9-2)22-27(43)24-52-31(47)15-11-13-29(45)38-25-17-19-26(20-18-25)39-30(46)14-12-16-32(48)53-37(6,7)10-3/h8,17-20,27-28,43-44H,1,9-16,21-24H2,2-7H3,(H,38,45)(H,39,46). The van der Waals surface area contributed by atoms with Crippen molar-refractivity contribution in [3.8, 4) is 0 Å². The van der Waals surface area contributed by atoms with Crippen molar-refractivity contribution < 1.29 is 38.9 Å². The maximum absolute atomic E-state index is 13.2. The van der Waals surface area contributed by atoms with Crippen LogP contribution in [-0.2, 0) is 48.3 Å². The minimum Gasteiger partial charge on any atom is -0.463 e. The molecule has 4 N–H and O–H groups in total. The monoisotopic (exact) mass is 745 g/mol. The maximum atomic E-state index is 13.2. The van der Waals surface area contributed by atoms with Crippen LogP contribution >= 0.6 is 0 Å². The van der Waals surface area contributed by atoms with Crippen molar-refractivity contribution >= 4 is 35.1 Å². The van der Waals surface area contributed by atoms with E-state index in [0.717, 1.165) is 9.13 Å². The quantitative estimate of drug-likeness (QED) is 0.101. The van der Waals surface area contributed by atoms with Crippen LogP contribution in [-0.4, -0.2) is 72.1 Å². The molecule has 16 heteroatoms. The zero-order valence-corrected chi connectivity index (χ0v) is 31.6. The second-order valence-electron chi connectivity index (χ2n) is 14.1.